The van der Waals surface area contributed by atoms with Crippen molar-refractivity contribution < 1.29 is 5.11 Å². The third-order valence-electron chi connectivity index (χ3n) is 3.82. The Morgan fingerprint density at radius 2 is 1.50 bits per heavy atom. The first-order chi connectivity index (χ1) is 9.29. The Balaban J connectivity index is 2.34. The molecule has 20 heavy (non-hydrogen) atoms. The van der Waals surface area contributed by atoms with Crippen LogP contribution in [0.1, 0.15) is 54.7 Å². The predicted octanol–water partition coefficient (Wildman–Crippen LogP) is 4.68. The number of aryl methyl sites for hydroxylation is 2. The summed E-state index contributed by atoms with van der Waals surface area (Å²) in [6, 6.07) is 14.5. The highest BCUT2D eigenvalue weighted by atomic mass is 16.3. The van der Waals surface area contributed by atoms with Crippen LogP contribution in [0.2, 0.25) is 0 Å². The molecule has 0 saturated carbocycles. The van der Waals surface area contributed by atoms with Crippen LogP contribution in [0.15, 0.2) is 42.5 Å². The molecule has 0 spiro atoms. The number of aliphatic hydroxyl groups is 1. The summed E-state index contributed by atoms with van der Waals surface area (Å²) in [5.41, 5.74) is 5.68. The van der Waals surface area contributed by atoms with Crippen LogP contribution < -0.4 is 0 Å². The molecular weight excluding hydrogens is 244 g/mol. The molecule has 0 heterocycles. The Morgan fingerprint density at radius 1 is 0.900 bits per heavy atom. The number of aliphatic hydroxyl groups excluding tert-OH is 1. The Hall–Kier alpha value is -1.60. The first-order valence-corrected chi connectivity index (χ1v) is 7.14. The van der Waals surface area contributed by atoms with E-state index in [0.29, 0.717) is 0 Å². The smallest absolute Gasteiger partial charge is 0.104 e. The van der Waals surface area contributed by atoms with Crippen molar-refractivity contribution in [2.24, 2.45) is 0 Å². The van der Waals surface area contributed by atoms with E-state index in [-0.39, 0.29) is 5.41 Å². The third kappa shape index (κ3) is 3.10. The normalized spacial score (nSPS) is 13.3. The lowest BCUT2D eigenvalue weighted by Crippen LogP contribution is -2.11. The summed E-state index contributed by atoms with van der Waals surface area (Å²) in [6.45, 7) is 10.7. The number of benzene rings is 2. The quantitative estimate of drug-likeness (QED) is 0.838. The zero-order valence-corrected chi connectivity index (χ0v) is 13.1. The summed E-state index contributed by atoms with van der Waals surface area (Å²) >= 11 is 0. The zero-order chi connectivity index (χ0) is 14.9. The van der Waals surface area contributed by atoms with Crippen LogP contribution in [0.5, 0.6) is 0 Å². The molecule has 1 atom stereocenters. The van der Waals surface area contributed by atoms with Gasteiger partial charge < -0.3 is 5.11 Å². The number of rotatable bonds is 2. The molecule has 2 aromatic rings. The fraction of sp³-hybridized carbons (Fsp3) is 0.368. The van der Waals surface area contributed by atoms with Crippen LogP contribution in [-0.2, 0) is 5.41 Å². The minimum absolute atomic E-state index is 0.142. The molecular formula is C19H24O. The monoisotopic (exact) mass is 268 g/mol. The fourth-order valence-corrected chi connectivity index (χ4v) is 2.40. The highest BCUT2D eigenvalue weighted by Crippen LogP contribution is 2.28. The summed E-state index contributed by atoms with van der Waals surface area (Å²) in [5.74, 6) is 0. The number of hydrogen-bond acceptors (Lipinski definition) is 1. The van der Waals surface area contributed by atoms with Crippen LogP contribution in [0.25, 0.3) is 0 Å². The average molecular weight is 268 g/mol. The highest BCUT2D eigenvalue weighted by molar-refractivity contribution is 5.39. The van der Waals surface area contributed by atoms with Crippen LogP contribution in [0.4, 0.5) is 0 Å². The van der Waals surface area contributed by atoms with Gasteiger partial charge in [-0.1, -0.05) is 68.8 Å². The second-order valence-electron chi connectivity index (χ2n) is 6.63. The van der Waals surface area contributed by atoms with Gasteiger partial charge in [-0.3, -0.25) is 0 Å². The van der Waals surface area contributed by atoms with Gasteiger partial charge >= 0.3 is 0 Å². The predicted molar refractivity (Wildman–Crippen MR) is 85.1 cm³/mol. The molecule has 1 nitrogen and oxygen atoms in total. The van der Waals surface area contributed by atoms with Crippen molar-refractivity contribution in [3.05, 3.63) is 70.3 Å². The van der Waals surface area contributed by atoms with Gasteiger partial charge in [0.05, 0.1) is 0 Å². The van der Waals surface area contributed by atoms with Gasteiger partial charge in [-0.15, -0.1) is 0 Å². The molecule has 0 saturated heterocycles. The van der Waals surface area contributed by atoms with Gasteiger partial charge in [0.1, 0.15) is 6.10 Å². The van der Waals surface area contributed by atoms with E-state index in [0.717, 1.165) is 16.7 Å². The van der Waals surface area contributed by atoms with Crippen molar-refractivity contribution in [2.45, 2.75) is 46.1 Å². The first-order valence-electron chi connectivity index (χ1n) is 7.14. The standard InChI is InChI=1S/C19H24O/c1-13-6-7-14(2)17(12-13)18(20)15-8-10-16(11-9-15)19(3,4)5/h6-12,18,20H,1-5H3. The van der Waals surface area contributed by atoms with Gasteiger partial charge in [-0.25, -0.2) is 0 Å². The molecule has 0 aliphatic heterocycles. The fourth-order valence-electron chi connectivity index (χ4n) is 2.40. The summed E-state index contributed by atoms with van der Waals surface area (Å²) < 4.78 is 0. The molecule has 2 aromatic carbocycles. The molecule has 1 N–H and O–H groups in total. The summed E-state index contributed by atoms with van der Waals surface area (Å²) in [7, 11) is 0. The lowest BCUT2D eigenvalue weighted by Gasteiger charge is -2.20. The molecule has 0 aromatic heterocycles. The average Bonchev–Trinajstić information content (AvgIpc) is 2.40. The molecule has 0 amide bonds. The van der Waals surface area contributed by atoms with E-state index >= 15 is 0 Å². The van der Waals surface area contributed by atoms with Gasteiger partial charge in [0.2, 0.25) is 0 Å². The van der Waals surface area contributed by atoms with Gasteiger partial charge in [0, 0.05) is 0 Å². The second kappa shape index (κ2) is 5.41. The largest absolute Gasteiger partial charge is 0.384 e. The van der Waals surface area contributed by atoms with Crippen molar-refractivity contribution >= 4 is 0 Å². The maximum Gasteiger partial charge on any atom is 0.104 e. The topological polar surface area (TPSA) is 20.2 Å². The van der Waals surface area contributed by atoms with Crippen molar-refractivity contribution in [1.29, 1.82) is 0 Å². The van der Waals surface area contributed by atoms with Crippen molar-refractivity contribution in [3.63, 3.8) is 0 Å². The van der Waals surface area contributed by atoms with Crippen LogP contribution in [0.3, 0.4) is 0 Å². The molecule has 1 unspecified atom stereocenters. The molecule has 0 bridgehead atoms. The van der Waals surface area contributed by atoms with E-state index in [9.17, 15) is 5.11 Å². The highest BCUT2D eigenvalue weighted by Gasteiger charge is 2.16. The van der Waals surface area contributed by atoms with E-state index in [4.69, 9.17) is 0 Å². The van der Waals surface area contributed by atoms with E-state index < -0.39 is 6.10 Å². The minimum Gasteiger partial charge on any atom is -0.384 e. The summed E-state index contributed by atoms with van der Waals surface area (Å²) in [6.07, 6.45) is -0.552. The van der Waals surface area contributed by atoms with Gasteiger partial charge in [-0.2, -0.15) is 0 Å². The molecule has 2 rings (SSSR count). The maximum atomic E-state index is 10.6. The number of hydrogen-bond donors (Lipinski definition) is 1. The van der Waals surface area contributed by atoms with Gasteiger partial charge in [0.15, 0.2) is 0 Å². The Labute approximate surface area is 122 Å². The lowest BCUT2D eigenvalue weighted by molar-refractivity contribution is 0.219. The maximum absolute atomic E-state index is 10.6. The SMILES string of the molecule is Cc1ccc(C)c(C(O)c2ccc(C(C)(C)C)cc2)c1. The third-order valence-corrected chi connectivity index (χ3v) is 3.82. The zero-order valence-electron chi connectivity index (χ0n) is 13.1. The summed E-state index contributed by atoms with van der Waals surface area (Å²) in [5, 5.41) is 10.6. The molecule has 0 aliphatic carbocycles. The van der Waals surface area contributed by atoms with Gasteiger partial charge in [-0.05, 0) is 41.5 Å². The Kier molecular flexibility index (Phi) is 4.01. The van der Waals surface area contributed by atoms with E-state index in [2.05, 4.69) is 58.0 Å². The molecule has 106 valence electrons. The first kappa shape index (κ1) is 14.8. The van der Waals surface area contributed by atoms with E-state index in [1.807, 2.05) is 19.1 Å². The van der Waals surface area contributed by atoms with Crippen LogP contribution >= 0.6 is 0 Å². The van der Waals surface area contributed by atoms with E-state index in [1.165, 1.54) is 11.1 Å². The Morgan fingerprint density at radius 3 is 2.05 bits per heavy atom. The van der Waals surface area contributed by atoms with Crippen molar-refractivity contribution in [1.82, 2.24) is 0 Å². The molecule has 1 heteroatoms. The molecule has 0 radical (unpaired) electrons. The van der Waals surface area contributed by atoms with Crippen LogP contribution in [0, 0.1) is 13.8 Å². The van der Waals surface area contributed by atoms with Crippen LogP contribution in [-0.4, -0.2) is 5.11 Å². The Bertz CT molecular complexity index is 588. The minimum atomic E-state index is -0.552. The summed E-state index contributed by atoms with van der Waals surface area (Å²) in [4.78, 5) is 0. The molecule has 0 aliphatic rings. The van der Waals surface area contributed by atoms with E-state index in [1.54, 1.807) is 0 Å². The second-order valence-corrected chi connectivity index (χ2v) is 6.63. The van der Waals surface area contributed by atoms with Crippen molar-refractivity contribution in [2.75, 3.05) is 0 Å². The molecule has 0 fully saturated rings. The lowest BCUT2D eigenvalue weighted by atomic mass is 9.86. The van der Waals surface area contributed by atoms with Gasteiger partial charge in [0.25, 0.3) is 0 Å². The van der Waals surface area contributed by atoms with Crippen molar-refractivity contribution in [3.8, 4) is 0 Å².